The minimum absolute atomic E-state index is 0.191. The lowest BCUT2D eigenvalue weighted by molar-refractivity contribution is -0.134. The number of allylic oxidation sites excluding steroid dienone is 1. The number of rotatable bonds is 10. The van der Waals surface area contributed by atoms with Crippen molar-refractivity contribution in [3.05, 3.63) is 94.7 Å². The second kappa shape index (κ2) is 19.9. The summed E-state index contributed by atoms with van der Waals surface area (Å²) < 4.78 is 5.73. The van der Waals surface area contributed by atoms with Gasteiger partial charge in [-0.05, 0) is 93.8 Å². The van der Waals surface area contributed by atoms with Crippen LogP contribution in [0, 0.1) is 20.8 Å². The monoisotopic (exact) mass is 803 g/mol. The second-order valence-electron chi connectivity index (χ2n) is 15.8. The molecule has 0 bridgehead atoms. The highest BCUT2D eigenvalue weighted by molar-refractivity contribution is 6.05. The van der Waals surface area contributed by atoms with Gasteiger partial charge in [0.1, 0.15) is 18.1 Å². The number of nitrogens with one attached hydrogen (secondary N) is 3. The maximum atomic E-state index is 13.1. The van der Waals surface area contributed by atoms with E-state index in [1.807, 2.05) is 36.2 Å². The number of piperidine rings is 2. The first-order valence-electron chi connectivity index (χ1n) is 21.2. The van der Waals surface area contributed by atoms with Gasteiger partial charge in [-0.3, -0.25) is 29.6 Å². The molecule has 4 aliphatic heterocycles. The molecule has 3 aromatic rings. The molecule has 3 amide bonds. The summed E-state index contributed by atoms with van der Waals surface area (Å²) in [6.45, 7) is 23.5. The lowest BCUT2D eigenvalue weighted by Gasteiger charge is -2.39. The van der Waals surface area contributed by atoms with Crippen LogP contribution in [0.4, 0.5) is 17.1 Å². The van der Waals surface area contributed by atoms with E-state index in [4.69, 9.17) is 9.73 Å². The van der Waals surface area contributed by atoms with Crippen LogP contribution in [-0.4, -0.2) is 102 Å². The van der Waals surface area contributed by atoms with Crippen LogP contribution in [0.2, 0.25) is 0 Å². The van der Waals surface area contributed by atoms with Gasteiger partial charge in [0.25, 0.3) is 0 Å². The molecular weight excluding hydrogens is 743 g/mol. The first-order valence-corrected chi connectivity index (χ1v) is 21.2. The Morgan fingerprint density at radius 3 is 2.49 bits per heavy atom. The van der Waals surface area contributed by atoms with Crippen molar-refractivity contribution in [1.82, 2.24) is 25.1 Å². The number of aliphatic imine (C=N–C) groups is 1. The number of aryl methyl sites for hydroxylation is 2. The third kappa shape index (κ3) is 10.7. The largest absolute Gasteiger partial charge is 0.474 e. The maximum Gasteiger partial charge on any atom is 0.237 e. The number of carbonyl (C=O) groups excluding carboxylic acids is 3. The Morgan fingerprint density at radius 2 is 1.81 bits per heavy atom. The van der Waals surface area contributed by atoms with Crippen LogP contribution in [0.3, 0.4) is 0 Å². The van der Waals surface area contributed by atoms with Gasteiger partial charge in [0, 0.05) is 69.2 Å². The smallest absolute Gasteiger partial charge is 0.237 e. The molecule has 4 aliphatic rings. The Kier molecular flexibility index (Phi) is 14.5. The molecule has 1 unspecified atom stereocenters. The van der Waals surface area contributed by atoms with E-state index in [1.165, 1.54) is 18.4 Å². The summed E-state index contributed by atoms with van der Waals surface area (Å²) in [5.41, 5.74) is 10.3. The van der Waals surface area contributed by atoms with E-state index < -0.39 is 0 Å². The van der Waals surface area contributed by atoms with Gasteiger partial charge < -0.3 is 25.2 Å². The first-order chi connectivity index (χ1) is 28.5. The van der Waals surface area contributed by atoms with Crippen molar-refractivity contribution in [2.75, 3.05) is 68.0 Å². The van der Waals surface area contributed by atoms with E-state index in [0.717, 1.165) is 96.4 Å². The zero-order valence-electron chi connectivity index (χ0n) is 35.7. The van der Waals surface area contributed by atoms with Crippen LogP contribution in [0.5, 0.6) is 5.88 Å². The van der Waals surface area contributed by atoms with Gasteiger partial charge in [-0.2, -0.15) is 0 Å². The van der Waals surface area contributed by atoms with Crippen molar-refractivity contribution in [2.24, 2.45) is 4.99 Å². The van der Waals surface area contributed by atoms with Crippen LogP contribution in [-0.2, 0) is 20.8 Å². The SMILES string of the molecule is C=C(/N=C1/CN(c2cnc3c(c2C)NCCO3)CC/C1=C/C)Nc1ccc(CC(=O)N2CCN(C(CC)CC)CC2)c(C)c1.Cc1ccc(C2CCC(=O)NC2=O)nc1. The fourth-order valence-electron chi connectivity index (χ4n) is 8.32. The van der Waals surface area contributed by atoms with E-state index in [1.54, 1.807) is 6.20 Å². The molecule has 59 heavy (non-hydrogen) atoms. The number of imide groups is 1. The van der Waals surface area contributed by atoms with Crippen LogP contribution < -0.4 is 25.6 Å². The zero-order valence-corrected chi connectivity index (χ0v) is 35.7. The van der Waals surface area contributed by atoms with Crippen LogP contribution in [0.1, 0.15) is 86.7 Å². The van der Waals surface area contributed by atoms with Gasteiger partial charge in [-0.25, -0.2) is 9.98 Å². The summed E-state index contributed by atoms with van der Waals surface area (Å²) >= 11 is 0. The fourth-order valence-corrected chi connectivity index (χ4v) is 8.32. The normalized spacial score (nSPS) is 19.7. The minimum atomic E-state index is -0.275. The van der Waals surface area contributed by atoms with Gasteiger partial charge in [0.2, 0.25) is 23.6 Å². The average molecular weight is 804 g/mol. The van der Waals surface area contributed by atoms with Crippen molar-refractivity contribution in [2.45, 2.75) is 92.0 Å². The zero-order chi connectivity index (χ0) is 42.1. The molecule has 13 nitrogen and oxygen atoms in total. The van der Waals surface area contributed by atoms with Gasteiger partial charge in [0.05, 0.1) is 42.2 Å². The highest BCUT2D eigenvalue weighted by atomic mass is 16.5. The van der Waals surface area contributed by atoms with Crippen LogP contribution in [0.25, 0.3) is 0 Å². The van der Waals surface area contributed by atoms with Crippen molar-refractivity contribution in [3.63, 3.8) is 0 Å². The van der Waals surface area contributed by atoms with Gasteiger partial charge in [-0.1, -0.05) is 38.6 Å². The molecular formula is C46H61N9O4. The van der Waals surface area contributed by atoms with E-state index in [-0.39, 0.29) is 23.6 Å². The first kappa shape index (κ1) is 43.0. The molecule has 0 aliphatic carbocycles. The van der Waals surface area contributed by atoms with Crippen molar-refractivity contribution >= 4 is 40.5 Å². The van der Waals surface area contributed by atoms with Crippen molar-refractivity contribution in [1.29, 1.82) is 0 Å². The molecule has 3 saturated heterocycles. The molecule has 13 heteroatoms. The number of pyridine rings is 2. The molecule has 3 N–H and O–H groups in total. The standard InChI is InChI=1S/C35H49N7O2.C11H12N2O2/c1-7-27-12-14-42(32-22-37-35-34(25(32)5)36-13-19-44-35)23-31(27)39-26(6)38-29-11-10-28(24(4)20-29)21-33(43)41-17-15-40(16-18-41)30(8-2)9-3;1-7-2-4-9(12-6-7)8-3-5-10(14)13-11(8)15/h7,10-11,20,22,30,36,38H,6,8-9,12-19,21,23H2,1-5H3;2,4,6,8H,3,5H2,1H3,(H,13,14,15)/b27-7-,39-31-;. The van der Waals surface area contributed by atoms with Gasteiger partial charge >= 0.3 is 0 Å². The van der Waals surface area contributed by atoms with Crippen molar-refractivity contribution < 1.29 is 19.1 Å². The van der Waals surface area contributed by atoms with E-state index in [0.29, 0.717) is 50.2 Å². The predicted molar refractivity (Wildman–Crippen MR) is 235 cm³/mol. The molecule has 7 rings (SSSR count). The minimum Gasteiger partial charge on any atom is -0.474 e. The molecule has 314 valence electrons. The number of hydrogen-bond donors (Lipinski definition) is 3. The van der Waals surface area contributed by atoms with Gasteiger partial charge in [0.15, 0.2) is 0 Å². The predicted octanol–water partition coefficient (Wildman–Crippen LogP) is 6.47. The molecule has 0 spiro atoms. The molecule has 2 aromatic heterocycles. The summed E-state index contributed by atoms with van der Waals surface area (Å²) in [5.74, 6) is 0.780. The number of hydrogen-bond acceptors (Lipinski definition) is 11. The lowest BCUT2D eigenvalue weighted by Crippen LogP contribution is -2.52. The average Bonchev–Trinajstić information content (AvgIpc) is 3.23. The summed E-state index contributed by atoms with van der Waals surface area (Å²) in [5, 5.41) is 9.15. The second-order valence-corrected chi connectivity index (χ2v) is 15.8. The molecule has 1 aromatic carbocycles. The highest BCUT2D eigenvalue weighted by Gasteiger charge is 2.29. The quantitative estimate of drug-likeness (QED) is 0.195. The third-order valence-electron chi connectivity index (χ3n) is 11.9. The lowest BCUT2D eigenvalue weighted by atomic mass is 9.94. The topological polar surface area (TPSA) is 144 Å². The summed E-state index contributed by atoms with van der Waals surface area (Å²) in [6.07, 6.45) is 10.4. The van der Waals surface area contributed by atoms with E-state index in [2.05, 4.69) is 95.1 Å². The Morgan fingerprint density at radius 1 is 1.03 bits per heavy atom. The highest BCUT2D eigenvalue weighted by Crippen LogP contribution is 2.36. The molecule has 0 saturated carbocycles. The third-order valence-corrected chi connectivity index (χ3v) is 11.9. The Hall–Kier alpha value is -5.56. The van der Waals surface area contributed by atoms with Crippen molar-refractivity contribution in [3.8, 4) is 5.88 Å². The van der Waals surface area contributed by atoms with Crippen LogP contribution >= 0.6 is 0 Å². The Labute approximate surface area is 349 Å². The number of carbonyl (C=O) groups is 3. The summed E-state index contributed by atoms with van der Waals surface area (Å²) in [4.78, 5) is 56.2. The summed E-state index contributed by atoms with van der Waals surface area (Å²) in [7, 11) is 0. The number of anilines is 3. The number of ether oxygens (including phenoxy) is 1. The number of nitrogens with zero attached hydrogens (tertiary/aromatic N) is 6. The number of aromatic nitrogens is 2. The van der Waals surface area contributed by atoms with E-state index >= 15 is 0 Å². The molecule has 6 heterocycles. The summed E-state index contributed by atoms with van der Waals surface area (Å²) in [6, 6.07) is 10.5. The van der Waals surface area contributed by atoms with Crippen LogP contribution in [0.15, 0.2) is 71.8 Å². The molecule has 1 atom stereocenters. The number of benzene rings is 1. The number of fused-ring (bicyclic) bond motifs is 1. The van der Waals surface area contributed by atoms with E-state index in [9.17, 15) is 14.4 Å². The van der Waals surface area contributed by atoms with Gasteiger partial charge in [-0.15, -0.1) is 0 Å². The number of amides is 3. The fraction of sp³-hybridized carbons (Fsp3) is 0.478. The Bertz CT molecular complexity index is 2070. The number of piperazine rings is 1. The molecule has 0 radical (unpaired) electrons. The molecule has 3 fully saturated rings. The maximum absolute atomic E-state index is 13.1. The Balaban J connectivity index is 0.000000326.